The minimum absolute atomic E-state index is 0.144. The van der Waals surface area contributed by atoms with Crippen molar-refractivity contribution in [3.8, 4) is 17.3 Å². The van der Waals surface area contributed by atoms with Crippen molar-refractivity contribution in [3.05, 3.63) is 69.7 Å². The molecule has 0 bridgehead atoms. The van der Waals surface area contributed by atoms with Gasteiger partial charge in [-0.05, 0) is 25.1 Å². The molecule has 0 saturated heterocycles. The van der Waals surface area contributed by atoms with Crippen molar-refractivity contribution in [1.82, 2.24) is 4.98 Å². The molecule has 0 saturated carbocycles. The van der Waals surface area contributed by atoms with Gasteiger partial charge in [0, 0.05) is 67.4 Å². The molecule has 0 radical (unpaired) electrons. The second kappa shape index (κ2) is 8.84. The van der Waals surface area contributed by atoms with Gasteiger partial charge in [-0.25, -0.2) is 4.98 Å². The molecule has 1 aliphatic carbocycles. The molecule has 3 aromatic rings. The first-order chi connectivity index (χ1) is 17.9. The van der Waals surface area contributed by atoms with Crippen molar-refractivity contribution in [3.63, 3.8) is 0 Å². The molecule has 1 aromatic carbocycles. The molecule has 6 rings (SSSR count). The van der Waals surface area contributed by atoms with Crippen LogP contribution in [0.15, 0.2) is 56.7 Å². The molecular weight excluding hydrogens is 488 g/mol. The molecule has 5 unspecified atom stereocenters. The predicted molar refractivity (Wildman–Crippen MR) is 141 cm³/mol. The van der Waals surface area contributed by atoms with Crippen molar-refractivity contribution in [2.45, 2.75) is 36.2 Å². The summed E-state index contributed by atoms with van der Waals surface area (Å²) in [7, 11) is 7.34. The third kappa shape index (κ3) is 3.40. The molecule has 0 fully saturated rings. The second-order valence-corrected chi connectivity index (χ2v) is 10.8. The highest BCUT2D eigenvalue weighted by molar-refractivity contribution is 8.03. The van der Waals surface area contributed by atoms with E-state index in [2.05, 4.69) is 6.07 Å². The van der Waals surface area contributed by atoms with E-state index in [1.807, 2.05) is 56.3 Å². The van der Waals surface area contributed by atoms with Crippen LogP contribution in [0.1, 0.15) is 47.5 Å². The number of ether oxygens (including phenoxy) is 3. The number of hydrogen-bond donors (Lipinski definition) is 1. The molecule has 0 amide bonds. The van der Waals surface area contributed by atoms with Crippen LogP contribution in [-0.4, -0.2) is 39.4 Å². The Morgan fingerprint density at radius 3 is 2.49 bits per heavy atom. The Hall–Kier alpha value is -3.45. The van der Waals surface area contributed by atoms with Gasteiger partial charge in [0.15, 0.2) is 6.10 Å². The Bertz CT molecular complexity index is 1460. The summed E-state index contributed by atoms with van der Waals surface area (Å²) in [6, 6.07) is 12.3. The van der Waals surface area contributed by atoms with Gasteiger partial charge in [-0.1, -0.05) is 23.9 Å². The van der Waals surface area contributed by atoms with Gasteiger partial charge in [0.2, 0.25) is 0 Å². The number of hydrogen-bond acceptors (Lipinski definition) is 9. The van der Waals surface area contributed by atoms with Crippen LogP contribution in [0.2, 0.25) is 0 Å². The van der Waals surface area contributed by atoms with E-state index in [9.17, 15) is 5.26 Å². The number of pyridine rings is 1. The number of nitrogens with zero attached hydrogens (tertiary/aromatic N) is 3. The molecule has 37 heavy (non-hydrogen) atoms. The van der Waals surface area contributed by atoms with E-state index >= 15 is 0 Å². The molecule has 9 heteroatoms. The van der Waals surface area contributed by atoms with Gasteiger partial charge >= 0.3 is 0 Å². The van der Waals surface area contributed by atoms with Crippen molar-refractivity contribution < 1.29 is 18.6 Å². The predicted octanol–water partition coefficient (Wildman–Crippen LogP) is 5.39. The Morgan fingerprint density at radius 1 is 1.11 bits per heavy atom. The lowest BCUT2D eigenvalue weighted by molar-refractivity contribution is -0.131. The normalized spacial score (nSPS) is 25.5. The number of methoxy groups -OCH3 is 2. The standard InChI is InChI=1S/C28H28N4O4S/c1-13-27-18(20-23(33-4)16-10-11-35-24(16)26(34-5)25(20)36-13)19-21(30)17(12-29)22(31-28(19)37-27)14-6-8-15(9-7-14)32(2)3/h6-11,18,20,23,25-26H,1-5H3,(H2,30,31). The smallest absolute Gasteiger partial charge is 0.152 e. The summed E-state index contributed by atoms with van der Waals surface area (Å²) >= 11 is 1.56. The van der Waals surface area contributed by atoms with E-state index in [-0.39, 0.29) is 24.0 Å². The number of allylic oxidation sites excluding steroid dienone is 2. The van der Waals surface area contributed by atoms with Crippen molar-refractivity contribution in [2.24, 2.45) is 5.92 Å². The first-order valence-corrected chi connectivity index (χ1v) is 12.9. The number of nitrogen functional groups attached to an aromatic ring is 1. The highest BCUT2D eigenvalue weighted by Crippen LogP contribution is 2.64. The summed E-state index contributed by atoms with van der Waals surface area (Å²) in [5.41, 5.74) is 12.0. The molecule has 2 aliphatic heterocycles. The fourth-order valence-corrected chi connectivity index (χ4v) is 7.28. The van der Waals surface area contributed by atoms with E-state index in [1.165, 1.54) is 0 Å². The average Bonchev–Trinajstić information content (AvgIpc) is 3.53. The van der Waals surface area contributed by atoms with E-state index in [1.54, 1.807) is 32.2 Å². The number of fused-ring (bicyclic) bond motifs is 6. The molecule has 5 atom stereocenters. The molecule has 8 nitrogen and oxygen atoms in total. The minimum atomic E-state index is -0.397. The lowest BCUT2D eigenvalue weighted by Gasteiger charge is -2.46. The molecule has 2 N–H and O–H groups in total. The Kier molecular flexibility index (Phi) is 5.71. The minimum Gasteiger partial charge on any atom is -0.491 e. The first-order valence-electron chi connectivity index (χ1n) is 12.1. The lowest BCUT2D eigenvalue weighted by atomic mass is 9.70. The van der Waals surface area contributed by atoms with Gasteiger partial charge in [-0.15, -0.1) is 0 Å². The molecule has 4 heterocycles. The Labute approximate surface area is 220 Å². The zero-order chi connectivity index (χ0) is 26.0. The monoisotopic (exact) mass is 516 g/mol. The van der Waals surface area contributed by atoms with Gasteiger partial charge in [-0.2, -0.15) is 5.26 Å². The van der Waals surface area contributed by atoms with Crippen LogP contribution in [0.4, 0.5) is 11.4 Å². The number of rotatable bonds is 4. The number of furan rings is 1. The van der Waals surface area contributed by atoms with Crippen molar-refractivity contribution in [2.75, 3.05) is 38.9 Å². The van der Waals surface area contributed by atoms with Crippen LogP contribution >= 0.6 is 11.8 Å². The van der Waals surface area contributed by atoms with Crippen LogP contribution < -0.4 is 10.6 Å². The summed E-state index contributed by atoms with van der Waals surface area (Å²) in [4.78, 5) is 8.09. The van der Waals surface area contributed by atoms with E-state index in [0.29, 0.717) is 16.9 Å². The van der Waals surface area contributed by atoms with Crippen LogP contribution in [0.5, 0.6) is 0 Å². The summed E-state index contributed by atoms with van der Waals surface area (Å²) in [5.74, 6) is 1.23. The Morgan fingerprint density at radius 2 is 1.84 bits per heavy atom. The fraction of sp³-hybridized carbons (Fsp3) is 0.357. The average molecular weight is 517 g/mol. The molecule has 190 valence electrons. The van der Waals surface area contributed by atoms with Gasteiger partial charge in [0.1, 0.15) is 34.3 Å². The molecule has 0 spiro atoms. The highest BCUT2D eigenvalue weighted by Gasteiger charge is 2.56. The van der Waals surface area contributed by atoms with Gasteiger partial charge in [-0.3, -0.25) is 0 Å². The topological polar surface area (TPSA) is 107 Å². The summed E-state index contributed by atoms with van der Waals surface area (Å²) in [5, 5.41) is 11.0. The quantitative estimate of drug-likeness (QED) is 0.489. The maximum Gasteiger partial charge on any atom is 0.152 e. The number of aromatic nitrogens is 1. The number of nitriles is 1. The summed E-state index contributed by atoms with van der Waals surface area (Å²) in [6.07, 6.45) is 0.618. The zero-order valence-electron chi connectivity index (χ0n) is 21.3. The van der Waals surface area contributed by atoms with Crippen LogP contribution in [0.25, 0.3) is 11.3 Å². The SMILES string of the molecule is COC1c2occc2C(OC)C2C3C(=C(C)OC12)Sc1nc(-c2ccc(N(C)C)cc2)c(C#N)c(N)c13. The lowest BCUT2D eigenvalue weighted by Crippen LogP contribution is -2.45. The number of nitrogens with two attached hydrogens (primary N) is 1. The van der Waals surface area contributed by atoms with E-state index < -0.39 is 6.10 Å². The Balaban J connectivity index is 1.52. The van der Waals surface area contributed by atoms with Crippen molar-refractivity contribution >= 4 is 23.1 Å². The molecular formula is C28H28N4O4S. The second-order valence-electron chi connectivity index (χ2n) is 9.73. The molecule has 3 aliphatic rings. The summed E-state index contributed by atoms with van der Waals surface area (Å²) in [6.45, 7) is 1.96. The third-order valence-electron chi connectivity index (χ3n) is 7.68. The third-order valence-corrected chi connectivity index (χ3v) is 8.95. The van der Waals surface area contributed by atoms with Gasteiger partial charge in [0.05, 0.1) is 23.7 Å². The van der Waals surface area contributed by atoms with Crippen LogP contribution in [0.3, 0.4) is 0 Å². The van der Waals surface area contributed by atoms with Crippen LogP contribution in [-0.2, 0) is 14.2 Å². The van der Waals surface area contributed by atoms with Crippen molar-refractivity contribution in [1.29, 1.82) is 5.26 Å². The number of anilines is 2. The maximum atomic E-state index is 10.2. The molecule has 2 aromatic heterocycles. The summed E-state index contributed by atoms with van der Waals surface area (Å²) < 4.78 is 24.3. The maximum absolute atomic E-state index is 10.2. The van der Waals surface area contributed by atoms with E-state index in [0.717, 1.165) is 43.8 Å². The van der Waals surface area contributed by atoms with E-state index in [4.69, 9.17) is 29.3 Å². The van der Waals surface area contributed by atoms with Gasteiger partial charge in [0.25, 0.3) is 0 Å². The first kappa shape index (κ1) is 23.9. The van der Waals surface area contributed by atoms with Crippen LogP contribution in [0, 0.1) is 17.2 Å². The number of thioether (sulfide) groups is 1. The fourth-order valence-electron chi connectivity index (χ4n) is 5.99. The zero-order valence-corrected chi connectivity index (χ0v) is 22.1. The highest BCUT2D eigenvalue weighted by atomic mass is 32.2. The van der Waals surface area contributed by atoms with Gasteiger partial charge < -0.3 is 29.3 Å². The number of benzene rings is 1. The largest absolute Gasteiger partial charge is 0.491 e.